The molecule has 0 saturated heterocycles. The Hall–Kier alpha value is -1.17. The van der Waals surface area contributed by atoms with Gasteiger partial charge in [-0.3, -0.25) is 4.98 Å². The van der Waals surface area contributed by atoms with Gasteiger partial charge in [-0.05, 0) is 5.56 Å². The number of hydrogen-bond donors (Lipinski definition) is 2. The van der Waals surface area contributed by atoms with E-state index in [0.29, 0.717) is 4.91 Å². The normalized spacial score (nSPS) is 10.1. The first-order chi connectivity index (χ1) is 6.77. The van der Waals surface area contributed by atoms with Gasteiger partial charge in [0, 0.05) is 6.20 Å². The lowest BCUT2D eigenvalue weighted by Gasteiger charge is -1.93. The molecular formula is C9H8BNO2S. The Morgan fingerprint density at radius 3 is 2.43 bits per heavy atom. The third-order valence-electron chi connectivity index (χ3n) is 1.80. The summed E-state index contributed by atoms with van der Waals surface area (Å²) in [5.41, 5.74) is 1.04. The second-order valence-corrected chi connectivity index (χ2v) is 3.86. The van der Waals surface area contributed by atoms with Crippen molar-refractivity contribution in [1.29, 1.82) is 0 Å². The van der Waals surface area contributed by atoms with Crippen molar-refractivity contribution < 1.29 is 10.0 Å². The summed E-state index contributed by atoms with van der Waals surface area (Å²) >= 11 is 1.28. The highest BCUT2D eigenvalue weighted by Gasteiger charge is 2.16. The van der Waals surface area contributed by atoms with Crippen LogP contribution in [0.3, 0.4) is 0 Å². The van der Waals surface area contributed by atoms with Gasteiger partial charge in [-0.2, -0.15) is 0 Å². The topological polar surface area (TPSA) is 53.4 Å². The minimum absolute atomic E-state index is 0.323. The molecule has 2 aromatic rings. The van der Waals surface area contributed by atoms with Gasteiger partial charge in [0.2, 0.25) is 0 Å². The maximum absolute atomic E-state index is 8.89. The van der Waals surface area contributed by atoms with Crippen LogP contribution in [-0.2, 0) is 0 Å². The molecule has 0 aliphatic heterocycles. The van der Waals surface area contributed by atoms with Crippen molar-refractivity contribution in [2.45, 2.75) is 0 Å². The number of aromatic nitrogens is 1. The molecule has 0 atom stereocenters. The molecular weight excluding hydrogens is 197 g/mol. The first-order valence-electron chi connectivity index (χ1n) is 4.14. The summed E-state index contributed by atoms with van der Waals surface area (Å²) < 4.78 is 0. The first kappa shape index (κ1) is 9.39. The van der Waals surface area contributed by atoms with Crippen molar-refractivity contribution in [3.63, 3.8) is 0 Å². The molecule has 0 bridgehead atoms. The fourth-order valence-electron chi connectivity index (χ4n) is 1.14. The number of rotatable bonds is 2. The summed E-state index contributed by atoms with van der Waals surface area (Å²) in [6.45, 7) is 0. The molecule has 2 rings (SSSR count). The fourth-order valence-corrected chi connectivity index (χ4v) is 1.94. The highest BCUT2D eigenvalue weighted by Crippen LogP contribution is 2.21. The molecule has 1 heterocycles. The van der Waals surface area contributed by atoms with E-state index in [4.69, 9.17) is 10.0 Å². The summed E-state index contributed by atoms with van der Waals surface area (Å²) in [5, 5.41) is 17.8. The van der Waals surface area contributed by atoms with E-state index in [1.165, 1.54) is 11.3 Å². The van der Waals surface area contributed by atoms with E-state index in [1.807, 2.05) is 30.3 Å². The van der Waals surface area contributed by atoms with Crippen LogP contribution in [0, 0.1) is 0 Å². The summed E-state index contributed by atoms with van der Waals surface area (Å²) in [6.07, 6.45) is 1.65. The van der Waals surface area contributed by atoms with E-state index < -0.39 is 7.12 Å². The van der Waals surface area contributed by atoms with E-state index in [0.717, 1.165) is 10.4 Å². The number of thiazole rings is 1. The summed E-state index contributed by atoms with van der Waals surface area (Å²) in [4.78, 5) is 5.17. The summed E-state index contributed by atoms with van der Waals surface area (Å²) in [5.74, 6) is 0. The Morgan fingerprint density at radius 1 is 1.14 bits per heavy atom. The van der Waals surface area contributed by atoms with Crippen LogP contribution < -0.4 is 4.91 Å². The molecule has 5 heteroatoms. The zero-order valence-electron chi connectivity index (χ0n) is 7.29. The van der Waals surface area contributed by atoms with Crippen LogP contribution >= 0.6 is 11.3 Å². The van der Waals surface area contributed by atoms with Gasteiger partial charge < -0.3 is 10.0 Å². The second kappa shape index (κ2) is 3.92. The standard InChI is InChI=1S/C9H8BNO2S/c12-10(13)9-11-6-8(14-9)7-4-2-1-3-5-7/h1-6,12-13H. The van der Waals surface area contributed by atoms with Crippen molar-refractivity contribution in [3.8, 4) is 10.4 Å². The van der Waals surface area contributed by atoms with Crippen molar-refractivity contribution in [2.24, 2.45) is 0 Å². The van der Waals surface area contributed by atoms with Crippen LogP contribution in [0.25, 0.3) is 10.4 Å². The van der Waals surface area contributed by atoms with Crippen LogP contribution in [-0.4, -0.2) is 22.2 Å². The smallest absolute Gasteiger partial charge is 0.422 e. The SMILES string of the molecule is OB(O)c1ncc(-c2ccccc2)s1. The Labute approximate surface area is 85.8 Å². The Balaban J connectivity index is 2.34. The third kappa shape index (κ3) is 1.84. The van der Waals surface area contributed by atoms with E-state index in [-0.39, 0.29) is 0 Å². The highest BCUT2D eigenvalue weighted by atomic mass is 32.1. The van der Waals surface area contributed by atoms with Crippen molar-refractivity contribution in [1.82, 2.24) is 4.98 Å². The van der Waals surface area contributed by atoms with Gasteiger partial charge in [-0.15, -0.1) is 11.3 Å². The molecule has 2 N–H and O–H groups in total. The minimum atomic E-state index is -1.47. The van der Waals surface area contributed by atoms with Crippen molar-refractivity contribution in [3.05, 3.63) is 36.5 Å². The molecule has 0 fully saturated rings. The average Bonchev–Trinajstić information content (AvgIpc) is 2.68. The van der Waals surface area contributed by atoms with Crippen LogP contribution in [0.2, 0.25) is 0 Å². The van der Waals surface area contributed by atoms with E-state index in [2.05, 4.69) is 4.98 Å². The molecule has 0 spiro atoms. The average molecular weight is 205 g/mol. The van der Waals surface area contributed by atoms with Gasteiger partial charge in [-0.25, -0.2) is 0 Å². The van der Waals surface area contributed by atoms with Crippen LogP contribution in [0.1, 0.15) is 0 Å². The van der Waals surface area contributed by atoms with Crippen LogP contribution in [0.5, 0.6) is 0 Å². The Morgan fingerprint density at radius 2 is 1.86 bits per heavy atom. The van der Waals surface area contributed by atoms with Crippen LogP contribution in [0.15, 0.2) is 36.5 Å². The van der Waals surface area contributed by atoms with Crippen LogP contribution in [0.4, 0.5) is 0 Å². The highest BCUT2D eigenvalue weighted by molar-refractivity contribution is 7.24. The van der Waals surface area contributed by atoms with Gasteiger partial charge >= 0.3 is 7.12 Å². The van der Waals surface area contributed by atoms with Gasteiger partial charge in [0.05, 0.1) is 4.88 Å². The molecule has 0 amide bonds. The Kier molecular flexibility index (Phi) is 2.63. The molecule has 3 nitrogen and oxygen atoms in total. The van der Waals surface area contributed by atoms with E-state index in [1.54, 1.807) is 6.20 Å². The largest absolute Gasteiger partial charge is 0.519 e. The van der Waals surface area contributed by atoms with Crippen molar-refractivity contribution >= 4 is 23.4 Å². The predicted molar refractivity (Wildman–Crippen MR) is 57.4 cm³/mol. The molecule has 1 aromatic carbocycles. The zero-order valence-corrected chi connectivity index (χ0v) is 8.11. The molecule has 70 valence electrons. The number of nitrogens with zero attached hydrogens (tertiary/aromatic N) is 1. The monoisotopic (exact) mass is 205 g/mol. The molecule has 1 aromatic heterocycles. The third-order valence-corrected chi connectivity index (χ3v) is 2.89. The zero-order chi connectivity index (χ0) is 9.97. The summed E-state index contributed by atoms with van der Waals surface area (Å²) in [6, 6.07) is 9.72. The first-order valence-corrected chi connectivity index (χ1v) is 4.96. The second-order valence-electron chi connectivity index (χ2n) is 2.80. The van der Waals surface area contributed by atoms with E-state index in [9.17, 15) is 0 Å². The van der Waals surface area contributed by atoms with Gasteiger partial charge in [0.15, 0.2) is 0 Å². The quantitative estimate of drug-likeness (QED) is 0.701. The molecule has 0 aliphatic carbocycles. The fraction of sp³-hybridized carbons (Fsp3) is 0. The number of benzene rings is 1. The minimum Gasteiger partial charge on any atom is -0.422 e. The molecule has 0 radical (unpaired) electrons. The molecule has 0 aliphatic rings. The number of hydrogen-bond acceptors (Lipinski definition) is 4. The van der Waals surface area contributed by atoms with Gasteiger partial charge in [-0.1, -0.05) is 30.3 Å². The van der Waals surface area contributed by atoms with Gasteiger partial charge in [0.1, 0.15) is 4.91 Å². The lowest BCUT2D eigenvalue weighted by atomic mass is 9.94. The maximum atomic E-state index is 8.89. The Bertz CT molecular complexity index is 416. The van der Waals surface area contributed by atoms with E-state index >= 15 is 0 Å². The maximum Gasteiger partial charge on any atom is 0.519 e. The summed E-state index contributed by atoms with van der Waals surface area (Å²) in [7, 11) is -1.47. The molecule has 0 saturated carbocycles. The lowest BCUT2D eigenvalue weighted by Crippen LogP contribution is -2.28. The molecule has 14 heavy (non-hydrogen) atoms. The van der Waals surface area contributed by atoms with Gasteiger partial charge in [0.25, 0.3) is 0 Å². The van der Waals surface area contributed by atoms with Crippen molar-refractivity contribution in [2.75, 3.05) is 0 Å². The molecule has 0 unspecified atom stereocenters. The lowest BCUT2D eigenvalue weighted by molar-refractivity contribution is 0.425. The predicted octanol–water partition coefficient (Wildman–Crippen LogP) is 0.490.